The molecule has 0 spiro atoms. The molecule has 6 heteroatoms. The van der Waals surface area contributed by atoms with Crippen molar-refractivity contribution in [2.24, 2.45) is 0 Å². The molecule has 0 aliphatic carbocycles. The van der Waals surface area contributed by atoms with Gasteiger partial charge in [-0.3, -0.25) is 4.90 Å². The van der Waals surface area contributed by atoms with Crippen LogP contribution in [0.4, 0.5) is 5.95 Å². The lowest BCUT2D eigenvalue weighted by Gasteiger charge is -2.33. The highest BCUT2D eigenvalue weighted by molar-refractivity contribution is 5.61. The summed E-state index contributed by atoms with van der Waals surface area (Å²) in [5.41, 5.74) is 4.50. The Morgan fingerprint density at radius 3 is 2.83 bits per heavy atom. The molecule has 0 bridgehead atoms. The van der Waals surface area contributed by atoms with Gasteiger partial charge in [0.25, 0.3) is 0 Å². The summed E-state index contributed by atoms with van der Waals surface area (Å²) in [5.74, 6) is 0.920. The molecule has 1 aromatic heterocycles. The zero-order chi connectivity index (χ0) is 20.8. The van der Waals surface area contributed by atoms with Crippen LogP contribution in [0.5, 0.6) is 5.75 Å². The minimum absolute atomic E-state index is 0.288. The van der Waals surface area contributed by atoms with E-state index in [1.165, 1.54) is 5.56 Å². The van der Waals surface area contributed by atoms with Crippen LogP contribution in [0, 0.1) is 0 Å². The summed E-state index contributed by atoms with van der Waals surface area (Å²) in [6.07, 6.45) is 2.64. The second-order valence-electron chi connectivity index (χ2n) is 7.83. The summed E-state index contributed by atoms with van der Waals surface area (Å²) >= 11 is 0. The first kappa shape index (κ1) is 20.3. The maximum absolute atomic E-state index is 9.38. The highest BCUT2D eigenvalue weighted by atomic mass is 16.3. The standard InChI is InChI=1S/C24H29N5O/c1-18-16-25-13-14-29(18)17-20-3-2-4-21(15-20)23-10-12-27-24(28-23)26-11-9-19-5-7-22(30)8-6-19/h2-8,10,12,15,18,25,30H,9,11,13-14,16-17H2,1H3,(H,26,27,28). The van der Waals surface area contributed by atoms with Crippen LogP contribution in [0.25, 0.3) is 11.3 Å². The molecule has 6 nitrogen and oxygen atoms in total. The van der Waals surface area contributed by atoms with Gasteiger partial charge in [0.2, 0.25) is 5.95 Å². The number of phenols is 1. The largest absolute Gasteiger partial charge is 0.508 e. The van der Waals surface area contributed by atoms with Gasteiger partial charge >= 0.3 is 0 Å². The van der Waals surface area contributed by atoms with Crippen molar-refractivity contribution in [3.63, 3.8) is 0 Å². The second kappa shape index (κ2) is 9.69. The summed E-state index contributed by atoms with van der Waals surface area (Å²) < 4.78 is 0. The molecule has 156 valence electrons. The fourth-order valence-corrected chi connectivity index (χ4v) is 3.77. The van der Waals surface area contributed by atoms with Gasteiger partial charge in [0.15, 0.2) is 0 Å². The Hall–Kier alpha value is -2.96. The summed E-state index contributed by atoms with van der Waals surface area (Å²) in [6.45, 7) is 7.14. The zero-order valence-electron chi connectivity index (χ0n) is 17.4. The predicted octanol–water partition coefficient (Wildman–Crippen LogP) is 3.30. The number of anilines is 1. The van der Waals surface area contributed by atoms with Crippen LogP contribution in [-0.4, -0.2) is 52.2 Å². The average molecular weight is 404 g/mol. The van der Waals surface area contributed by atoms with Crippen LogP contribution in [0.1, 0.15) is 18.1 Å². The Bertz CT molecular complexity index is 960. The first-order valence-electron chi connectivity index (χ1n) is 10.6. The topological polar surface area (TPSA) is 73.3 Å². The molecule has 2 aromatic carbocycles. The van der Waals surface area contributed by atoms with Gasteiger partial charge in [0, 0.05) is 50.5 Å². The highest BCUT2D eigenvalue weighted by Crippen LogP contribution is 2.21. The Morgan fingerprint density at radius 1 is 1.13 bits per heavy atom. The van der Waals surface area contributed by atoms with E-state index in [-0.39, 0.29) is 5.75 Å². The molecule has 2 heterocycles. The Balaban J connectivity index is 1.39. The van der Waals surface area contributed by atoms with Crippen molar-refractivity contribution < 1.29 is 5.11 Å². The maximum atomic E-state index is 9.38. The molecule has 0 amide bonds. The monoisotopic (exact) mass is 403 g/mol. The Kier molecular flexibility index (Phi) is 6.57. The smallest absolute Gasteiger partial charge is 0.223 e. The second-order valence-corrected chi connectivity index (χ2v) is 7.83. The minimum Gasteiger partial charge on any atom is -0.508 e. The van der Waals surface area contributed by atoms with Crippen molar-refractivity contribution in [3.05, 3.63) is 71.9 Å². The van der Waals surface area contributed by atoms with E-state index in [4.69, 9.17) is 4.98 Å². The maximum Gasteiger partial charge on any atom is 0.223 e. The predicted molar refractivity (Wildman–Crippen MR) is 121 cm³/mol. The van der Waals surface area contributed by atoms with Gasteiger partial charge in [0.1, 0.15) is 5.75 Å². The number of nitrogens with one attached hydrogen (secondary N) is 2. The number of benzene rings is 2. The summed E-state index contributed by atoms with van der Waals surface area (Å²) in [6, 6.07) is 18.4. The highest BCUT2D eigenvalue weighted by Gasteiger charge is 2.17. The molecule has 1 saturated heterocycles. The van der Waals surface area contributed by atoms with Crippen molar-refractivity contribution in [3.8, 4) is 17.0 Å². The lowest BCUT2D eigenvalue weighted by Crippen LogP contribution is -2.49. The fraction of sp³-hybridized carbons (Fsp3) is 0.333. The van der Waals surface area contributed by atoms with Gasteiger partial charge in [0.05, 0.1) is 5.69 Å². The number of rotatable bonds is 7. The van der Waals surface area contributed by atoms with Crippen LogP contribution in [0.2, 0.25) is 0 Å². The summed E-state index contributed by atoms with van der Waals surface area (Å²) in [7, 11) is 0. The molecule has 1 unspecified atom stereocenters. The van der Waals surface area contributed by atoms with E-state index >= 15 is 0 Å². The number of hydrogen-bond acceptors (Lipinski definition) is 6. The van der Waals surface area contributed by atoms with E-state index in [0.717, 1.165) is 56.0 Å². The zero-order valence-corrected chi connectivity index (χ0v) is 17.4. The normalized spacial score (nSPS) is 17.0. The fourth-order valence-electron chi connectivity index (χ4n) is 3.77. The Labute approximate surface area is 178 Å². The molecule has 3 aromatic rings. The van der Waals surface area contributed by atoms with E-state index in [9.17, 15) is 5.11 Å². The first-order valence-corrected chi connectivity index (χ1v) is 10.6. The lowest BCUT2D eigenvalue weighted by molar-refractivity contribution is 0.165. The van der Waals surface area contributed by atoms with E-state index in [2.05, 4.69) is 51.7 Å². The molecular weight excluding hydrogens is 374 g/mol. The minimum atomic E-state index is 0.288. The number of phenolic OH excluding ortho intramolecular Hbond substituents is 1. The van der Waals surface area contributed by atoms with E-state index < -0.39 is 0 Å². The van der Waals surface area contributed by atoms with Crippen LogP contribution in [0.15, 0.2) is 60.8 Å². The van der Waals surface area contributed by atoms with Crippen LogP contribution < -0.4 is 10.6 Å². The molecule has 1 atom stereocenters. The number of nitrogens with zero attached hydrogens (tertiary/aromatic N) is 3. The molecule has 1 aliphatic heterocycles. The molecule has 30 heavy (non-hydrogen) atoms. The van der Waals surface area contributed by atoms with Crippen LogP contribution in [0.3, 0.4) is 0 Å². The van der Waals surface area contributed by atoms with Crippen molar-refractivity contribution >= 4 is 5.95 Å². The third kappa shape index (κ3) is 5.34. The molecule has 1 aliphatic rings. The van der Waals surface area contributed by atoms with Gasteiger partial charge in [-0.05, 0) is 48.7 Å². The number of aromatic hydroxyl groups is 1. The van der Waals surface area contributed by atoms with E-state index in [1.54, 1.807) is 18.3 Å². The third-order valence-corrected chi connectivity index (χ3v) is 5.54. The number of hydrogen-bond donors (Lipinski definition) is 3. The molecule has 3 N–H and O–H groups in total. The quantitative estimate of drug-likeness (QED) is 0.562. The molecule has 4 rings (SSSR count). The summed E-state index contributed by atoms with van der Waals surface area (Å²) in [4.78, 5) is 11.6. The number of piperazine rings is 1. The molecule has 0 radical (unpaired) electrons. The number of aromatic nitrogens is 2. The van der Waals surface area contributed by atoms with Crippen molar-refractivity contribution in [2.45, 2.75) is 25.9 Å². The van der Waals surface area contributed by atoms with Crippen molar-refractivity contribution in [2.75, 3.05) is 31.5 Å². The van der Waals surface area contributed by atoms with Gasteiger partial charge in [-0.25, -0.2) is 9.97 Å². The molecule has 0 saturated carbocycles. The van der Waals surface area contributed by atoms with Crippen LogP contribution in [-0.2, 0) is 13.0 Å². The SMILES string of the molecule is CC1CNCCN1Cc1cccc(-c2ccnc(NCCc3ccc(O)cc3)n2)c1. The van der Waals surface area contributed by atoms with Crippen molar-refractivity contribution in [1.29, 1.82) is 0 Å². The molecular formula is C24H29N5O. The van der Waals surface area contributed by atoms with Gasteiger partial charge < -0.3 is 15.7 Å². The lowest BCUT2D eigenvalue weighted by atomic mass is 10.1. The van der Waals surface area contributed by atoms with E-state index in [0.29, 0.717) is 12.0 Å². The Morgan fingerprint density at radius 2 is 2.00 bits per heavy atom. The van der Waals surface area contributed by atoms with Gasteiger partial charge in [-0.2, -0.15) is 0 Å². The van der Waals surface area contributed by atoms with Gasteiger partial charge in [-0.1, -0.05) is 30.3 Å². The third-order valence-electron chi connectivity index (χ3n) is 5.54. The van der Waals surface area contributed by atoms with E-state index in [1.807, 2.05) is 18.2 Å². The van der Waals surface area contributed by atoms with Crippen LogP contribution >= 0.6 is 0 Å². The summed E-state index contributed by atoms with van der Waals surface area (Å²) in [5, 5.41) is 16.1. The average Bonchev–Trinajstić information content (AvgIpc) is 2.77. The van der Waals surface area contributed by atoms with Crippen molar-refractivity contribution in [1.82, 2.24) is 20.2 Å². The van der Waals surface area contributed by atoms with Gasteiger partial charge in [-0.15, -0.1) is 0 Å². The molecule has 1 fully saturated rings. The first-order chi connectivity index (χ1) is 14.7.